The van der Waals surface area contributed by atoms with E-state index in [0.29, 0.717) is 21.1 Å². The molecule has 0 unspecified atom stereocenters. The van der Waals surface area contributed by atoms with Gasteiger partial charge in [-0.05, 0) is 31.2 Å². The van der Waals surface area contributed by atoms with E-state index in [-0.39, 0.29) is 18.9 Å². The van der Waals surface area contributed by atoms with E-state index in [1.165, 1.54) is 19.1 Å². The number of aromatic nitrogens is 1. The van der Waals surface area contributed by atoms with Gasteiger partial charge in [-0.25, -0.2) is 4.99 Å². The quantitative estimate of drug-likeness (QED) is 0.865. The van der Waals surface area contributed by atoms with E-state index < -0.39 is 11.7 Å². The van der Waals surface area contributed by atoms with Gasteiger partial charge in [0.25, 0.3) is 0 Å². The minimum atomic E-state index is -4.39. The molecule has 1 heterocycles. The van der Waals surface area contributed by atoms with Crippen LogP contribution in [0.5, 0.6) is 0 Å². The normalized spacial score (nSPS) is 12.7. The van der Waals surface area contributed by atoms with Crippen LogP contribution in [-0.4, -0.2) is 22.1 Å². The third-order valence-corrected chi connectivity index (χ3v) is 4.50. The predicted octanol–water partition coefficient (Wildman–Crippen LogP) is 3.30. The number of rotatable bonds is 4. The molecular weight excluding hydrogens is 329 g/mol. The maximum absolute atomic E-state index is 12.6. The van der Waals surface area contributed by atoms with Crippen LogP contribution in [0.15, 0.2) is 29.3 Å². The number of halogens is 3. The maximum Gasteiger partial charge on any atom is 0.416 e. The number of ketones is 1. The Labute approximate surface area is 134 Å². The second-order valence-corrected chi connectivity index (χ2v) is 5.86. The van der Waals surface area contributed by atoms with Crippen molar-refractivity contribution in [3.05, 3.63) is 45.2 Å². The highest BCUT2D eigenvalue weighted by molar-refractivity contribution is 7.11. The Balaban J connectivity index is 2.50. The number of carbonyl (C=O) groups is 1. The molecule has 0 saturated carbocycles. The lowest BCUT2D eigenvalue weighted by atomic mass is 10.2. The van der Waals surface area contributed by atoms with Gasteiger partial charge in [0.1, 0.15) is 0 Å². The molecule has 0 saturated heterocycles. The summed E-state index contributed by atoms with van der Waals surface area (Å²) >= 11 is 1.15. The highest BCUT2D eigenvalue weighted by Gasteiger charge is 2.29. The first kappa shape index (κ1) is 17.4. The van der Waals surface area contributed by atoms with Gasteiger partial charge in [-0.15, -0.1) is 0 Å². The second kappa shape index (κ2) is 6.67. The molecule has 0 bridgehead atoms. The summed E-state index contributed by atoms with van der Waals surface area (Å²) in [5.74, 6) is -0.118. The molecule has 0 aliphatic heterocycles. The summed E-state index contributed by atoms with van der Waals surface area (Å²) in [6.07, 6.45) is -4.39. The average Bonchev–Trinajstić information content (AvgIpc) is 2.77. The van der Waals surface area contributed by atoms with Gasteiger partial charge in [0, 0.05) is 19.2 Å². The third-order valence-electron chi connectivity index (χ3n) is 3.22. The van der Waals surface area contributed by atoms with Gasteiger partial charge < -0.3 is 9.67 Å². The molecule has 0 amide bonds. The third kappa shape index (κ3) is 3.89. The van der Waals surface area contributed by atoms with Crippen LogP contribution in [0, 0.1) is 6.92 Å². The van der Waals surface area contributed by atoms with E-state index >= 15 is 0 Å². The number of aliphatic hydroxyl groups is 1. The van der Waals surface area contributed by atoms with Crippen molar-refractivity contribution in [1.82, 2.24) is 4.57 Å². The van der Waals surface area contributed by atoms with Crippen molar-refractivity contribution in [1.29, 1.82) is 0 Å². The van der Waals surface area contributed by atoms with Crippen LogP contribution in [0.25, 0.3) is 0 Å². The van der Waals surface area contributed by atoms with Crippen LogP contribution in [0.4, 0.5) is 18.9 Å². The molecule has 2 aromatic rings. The van der Waals surface area contributed by atoms with E-state index in [4.69, 9.17) is 5.11 Å². The number of hydrogen-bond donors (Lipinski definition) is 1. The summed E-state index contributed by atoms with van der Waals surface area (Å²) in [5, 5.41) is 9.14. The maximum atomic E-state index is 12.6. The number of carbonyl (C=O) groups excluding carboxylic acids is 1. The largest absolute Gasteiger partial charge is 0.416 e. The molecule has 2 rings (SSSR count). The number of nitrogens with zero attached hydrogens (tertiary/aromatic N) is 2. The SMILES string of the molecule is CC(=O)c1s/c(=N\c2ccc(C(F)(F)F)cc2)n(CCO)c1C. The Bertz CT molecular complexity index is 774. The number of benzene rings is 1. The lowest BCUT2D eigenvalue weighted by Gasteiger charge is -2.06. The Hall–Kier alpha value is -1.93. The molecule has 0 radical (unpaired) electrons. The molecule has 0 aliphatic carbocycles. The van der Waals surface area contributed by atoms with Crippen LogP contribution in [-0.2, 0) is 12.7 Å². The van der Waals surface area contributed by atoms with Crippen LogP contribution >= 0.6 is 11.3 Å². The highest BCUT2D eigenvalue weighted by Crippen LogP contribution is 2.30. The molecule has 0 fully saturated rings. The molecule has 124 valence electrons. The number of alkyl halides is 3. The molecule has 1 aromatic heterocycles. The molecule has 1 N–H and O–H groups in total. The minimum Gasteiger partial charge on any atom is -0.395 e. The van der Waals surface area contributed by atoms with E-state index in [2.05, 4.69) is 4.99 Å². The second-order valence-electron chi connectivity index (χ2n) is 4.89. The molecule has 23 heavy (non-hydrogen) atoms. The van der Waals surface area contributed by atoms with Crippen LogP contribution in [0.1, 0.15) is 27.9 Å². The van der Waals surface area contributed by atoms with Gasteiger partial charge in [0.2, 0.25) is 0 Å². The lowest BCUT2D eigenvalue weighted by Crippen LogP contribution is -2.18. The fourth-order valence-corrected chi connectivity index (χ4v) is 3.17. The van der Waals surface area contributed by atoms with Gasteiger partial charge in [-0.3, -0.25) is 4.79 Å². The summed E-state index contributed by atoms with van der Waals surface area (Å²) in [5.41, 5.74) is 0.287. The number of Topliss-reactive ketones (excluding diaryl/α,β-unsaturated/α-hetero) is 1. The van der Waals surface area contributed by atoms with Crippen molar-refractivity contribution >= 4 is 22.8 Å². The highest BCUT2D eigenvalue weighted by atomic mass is 32.1. The summed E-state index contributed by atoms with van der Waals surface area (Å²) in [6.45, 7) is 3.31. The summed E-state index contributed by atoms with van der Waals surface area (Å²) in [4.78, 5) is 16.9. The number of thiazole rings is 1. The number of hydrogen-bond acceptors (Lipinski definition) is 4. The molecular formula is C15H15F3N2O2S. The van der Waals surface area contributed by atoms with Gasteiger partial charge in [-0.2, -0.15) is 13.2 Å². The van der Waals surface area contributed by atoms with Gasteiger partial charge >= 0.3 is 6.18 Å². The molecule has 1 aromatic carbocycles. The van der Waals surface area contributed by atoms with Crippen molar-refractivity contribution in [2.45, 2.75) is 26.6 Å². The summed E-state index contributed by atoms with van der Waals surface area (Å²) in [7, 11) is 0. The van der Waals surface area contributed by atoms with Gasteiger partial charge in [-0.1, -0.05) is 11.3 Å². The zero-order valence-corrected chi connectivity index (χ0v) is 13.3. The van der Waals surface area contributed by atoms with Crippen LogP contribution in [0.3, 0.4) is 0 Å². The standard InChI is InChI=1S/C15H15F3N2O2S/c1-9-13(10(2)22)23-14(20(9)7-8-21)19-12-5-3-11(4-6-12)15(16,17)18/h3-6,21H,7-8H2,1-2H3/b19-14-. The molecule has 8 heteroatoms. The zero-order valence-electron chi connectivity index (χ0n) is 12.5. The predicted molar refractivity (Wildman–Crippen MR) is 80.8 cm³/mol. The van der Waals surface area contributed by atoms with Crippen molar-refractivity contribution in [3.63, 3.8) is 0 Å². The summed E-state index contributed by atoms with van der Waals surface area (Å²) < 4.78 is 39.4. The molecule has 4 nitrogen and oxygen atoms in total. The van der Waals surface area contributed by atoms with E-state index in [1.54, 1.807) is 11.5 Å². The molecule has 0 atom stereocenters. The molecule has 0 spiro atoms. The topological polar surface area (TPSA) is 54.6 Å². The Morgan fingerprint density at radius 3 is 2.39 bits per heavy atom. The average molecular weight is 344 g/mol. The fraction of sp³-hybridized carbons (Fsp3) is 0.333. The first-order valence-corrected chi connectivity index (χ1v) is 7.59. The van der Waals surface area contributed by atoms with Crippen molar-refractivity contribution < 1.29 is 23.1 Å². The first-order valence-electron chi connectivity index (χ1n) is 6.78. The van der Waals surface area contributed by atoms with E-state index in [1.807, 2.05) is 0 Å². The lowest BCUT2D eigenvalue weighted by molar-refractivity contribution is -0.137. The Morgan fingerprint density at radius 1 is 1.30 bits per heavy atom. The van der Waals surface area contributed by atoms with Gasteiger partial charge in [0.05, 0.1) is 22.7 Å². The van der Waals surface area contributed by atoms with E-state index in [9.17, 15) is 18.0 Å². The van der Waals surface area contributed by atoms with Crippen molar-refractivity contribution in [2.24, 2.45) is 4.99 Å². The fourth-order valence-electron chi connectivity index (χ4n) is 2.09. The van der Waals surface area contributed by atoms with Crippen molar-refractivity contribution in [2.75, 3.05) is 6.61 Å². The number of aliphatic hydroxyl groups excluding tert-OH is 1. The monoisotopic (exact) mass is 344 g/mol. The Morgan fingerprint density at radius 2 is 1.91 bits per heavy atom. The van der Waals surface area contributed by atoms with Gasteiger partial charge in [0.15, 0.2) is 10.6 Å². The van der Waals surface area contributed by atoms with E-state index in [0.717, 1.165) is 23.5 Å². The Kier molecular flexibility index (Phi) is 5.06. The van der Waals surface area contributed by atoms with Crippen molar-refractivity contribution in [3.8, 4) is 0 Å². The first-order chi connectivity index (χ1) is 10.7. The van der Waals surface area contributed by atoms with Crippen LogP contribution < -0.4 is 4.80 Å². The zero-order chi connectivity index (χ0) is 17.2. The smallest absolute Gasteiger partial charge is 0.395 e. The van der Waals surface area contributed by atoms with Crippen LogP contribution in [0.2, 0.25) is 0 Å². The molecule has 0 aliphatic rings. The summed E-state index contributed by atoms with van der Waals surface area (Å²) in [6, 6.07) is 4.46. The minimum absolute atomic E-state index is 0.118.